The molecule has 1 saturated heterocycles. The van der Waals surface area contributed by atoms with Crippen molar-refractivity contribution in [1.82, 2.24) is 9.80 Å². The molecule has 0 bridgehead atoms. The van der Waals surface area contributed by atoms with Crippen LogP contribution in [0.15, 0.2) is 42.5 Å². The summed E-state index contributed by atoms with van der Waals surface area (Å²) in [4.78, 5) is 28.4. The van der Waals surface area contributed by atoms with E-state index in [4.69, 9.17) is 21.1 Å². The number of carbonyl (C=O) groups is 2. The molecule has 0 N–H and O–H groups in total. The minimum absolute atomic E-state index is 0.0786. The molecule has 0 saturated carbocycles. The summed E-state index contributed by atoms with van der Waals surface area (Å²) in [5, 5.41) is 0.0786. The van der Waals surface area contributed by atoms with Gasteiger partial charge in [-0.1, -0.05) is 11.6 Å². The van der Waals surface area contributed by atoms with E-state index in [1.807, 2.05) is 6.07 Å². The maximum Gasteiger partial charge on any atom is 0.255 e. The second kappa shape index (κ2) is 9.63. The molecule has 0 radical (unpaired) electrons. The lowest BCUT2D eigenvalue weighted by Crippen LogP contribution is -2.50. The topological polar surface area (TPSA) is 59.1 Å². The fourth-order valence-corrected chi connectivity index (χ4v) is 3.43. The third-order valence-electron chi connectivity index (χ3n) is 4.89. The van der Waals surface area contributed by atoms with E-state index < -0.39 is 5.82 Å². The summed E-state index contributed by atoms with van der Waals surface area (Å²) in [6.45, 7) is 1.54. The Hall–Kier alpha value is -3.06. The van der Waals surface area contributed by atoms with E-state index >= 15 is 0 Å². The van der Waals surface area contributed by atoms with Crippen LogP contribution in [0.4, 0.5) is 4.39 Å². The van der Waals surface area contributed by atoms with Crippen LogP contribution in [0.2, 0.25) is 5.02 Å². The Morgan fingerprint density at radius 2 is 1.70 bits per heavy atom. The van der Waals surface area contributed by atoms with Crippen molar-refractivity contribution in [1.29, 1.82) is 0 Å². The van der Waals surface area contributed by atoms with Gasteiger partial charge in [0.15, 0.2) is 0 Å². The number of hydrogen-bond acceptors (Lipinski definition) is 4. The van der Waals surface area contributed by atoms with Crippen molar-refractivity contribution in [3.8, 4) is 11.5 Å². The zero-order valence-corrected chi connectivity index (χ0v) is 17.5. The highest BCUT2D eigenvalue weighted by Crippen LogP contribution is 2.25. The highest BCUT2D eigenvalue weighted by Gasteiger charge is 2.25. The number of rotatable bonds is 5. The molecule has 1 aliphatic heterocycles. The van der Waals surface area contributed by atoms with E-state index in [1.54, 1.807) is 42.2 Å². The van der Waals surface area contributed by atoms with Gasteiger partial charge < -0.3 is 19.3 Å². The number of amides is 2. The number of hydrogen-bond donors (Lipinski definition) is 0. The molecule has 8 heteroatoms. The minimum atomic E-state index is -0.493. The van der Waals surface area contributed by atoms with Crippen LogP contribution in [0.1, 0.15) is 15.9 Å². The van der Waals surface area contributed by atoms with Crippen LogP contribution in [-0.2, 0) is 4.79 Å². The molecular weight excluding hydrogens is 411 g/mol. The lowest BCUT2D eigenvalue weighted by atomic mass is 10.1. The van der Waals surface area contributed by atoms with Crippen molar-refractivity contribution in [2.24, 2.45) is 0 Å². The van der Waals surface area contributed by atoms with Crippen molar-refractivity contribution < 1.29 is 23.5 Å². The van der Waals surface area contributed by atoms with Gasteiger partial charge in [-0.15, -0.1) is 0 Å². The fourth-order valence-electron chi connectivity index (χ4n) is 3.19. The molecule has 1 aliphatic rings. The summed E-state index contributed by atoms with van der Waals surface area (Å²) in [6, 6.07) is 9.05. The Morgan fingerprint density at radius 1 is 1.00 bits per heavy atom. The molecular formula is C22H22ClFN2O4. The van der Waals surface area contributed by atoms with Crippen molar-refractivity contribution in [2.45, 2.75) is 0 Å². The molecule has 3 rings (SSSR count). The summed E-state index contributed by atoms with van der Waals surface area (Å²) in [6.07, 6.45) is 3.18. The number of halogens is 2. The molecule has 30 heavy (non-hydrogen) atoms. The van der Waals surface area contributed by atoms with Gasteiger partial charge in [0.1, 0.15) is 17.3 Å². The second-order valence-corrected chi connectivity index (χ2v) is 7.09. The van der Waals surface area contributed by atoms with Gasteiger partial charge in [-0.3, -0.25) is 9.59 Å². The Labute approximate surface area is 179 Å². The van der Waals surface area contributed by atoms with Crippen LogP contribution in [0.5, 0.6) is 11.5 Å². The van der Waals surface area contributed by atoms with Crippen LogP contribution in [0.3, 0.4) is 0 Å². The highest BCUT2D eigenvalue weighted by atomic mass is 35.5. The molecule has 0 atom stereocenters. The monoisotopic (exact) mass is 432 g/mol. The third-order valence-corrected chi connectivity index (χ3v) is 5.20. The van der Waals surface area contributed by atoms with Crippen LogP contribution in [0.25, 0.3) is 6.08 Å². The highest BCUT2D eigenvalue weighted by molar-refractivity contribution is 6.33. The molecule has 1 fully saturated rings. The van der Waals surface area contributed by atoms with Gasteiger partial charge in [-0.05, 0) is 36.4 Å². The molecule has 2 aromatic carbocycles. The van der Waals surface area contributed by atoms with E-state index in [0.29, 0.717) is 37.7 Å². The minimum Gasteiger partial charge on any atom is -0.497 e. The first-order valence-electron chi connectivity index (χ1n) is 9.36. The maximum atomic E-state index is 13.2. The average Bonchev–Trinajstić information content (AvgIpc) is 2.77. The standard InChI is InChI=1S/C22H22ClFN2O4/c1-29-17-6-3-15(20(14-17)30-2)4-8-21(27)25-9-11-26(12-10-25)22(28)18-7-5-16(24)13-19(18)23/h3-8,13-14H,9-12H2,1-2H3/b8-4+. The number of benzene rings is 2. The number of piperazine rings is 1. The number of nitrogens with zero attached hydrogens (tertiary/aromatic N) is 2. The Bertz CT molecular complexity index is 972. The molecule has 0 spiro atoms. The average molecular weight is 433 g/mol. The van der Waals surface area contributed by atoms with Crippen molar-refractivity contribution in [3.63, 3.8) is 0 Å². The van der Waals surface area contributed by atoms with Crippen molar-refractivity contribution in [2.75, 3.05) is 40.4 Å². The van der Waals surface area contributed by atoms with Crippen LogP contribution < -0.4 is 9.47 Å². The van der Waals surface area contributed by atoms with Gasteiger partial charge in [0.25, 0.3) is 5.91 Å². The van der Waals surface area contributed by atoms with Gasteiger partial charge in [-0.25, -0.2) is 4.39 Å². The lowest BCUT2D eigenvalue weighted by Gasteiger charge is -2.34. The van der Waals surface area contributed by atoms with Crippen LogP contribution in [-0.4, -0.2) is 62.0 Å². The van der Waals surface area contributed by atoms with E-state index in [9.17, 15) is 14.0 Å². The smallest absolute Gasteiger partial charge is 0.255 e. The summed E-state index contributed by atoms with van der Waals surface area (Å²) >= 11 is 5.99. The molecule has 1 heterocycles. The zero-order chi connectivity index (χ0) is 21.7. The van der Waals surface area contributed by atoms with Gasteiger partial charge in [0.05, 0.1) is 24.8 Å². The molecule has 158 valence electrons. The van der Waals surface area contributed by atoms with E-state index in [-0.39, 0.29) is 22.4 Å². The predicted octanol–water partition coefficient (Wildman–Crippen LogP) is 3.49. The van der Waals surface area contributed by atoms with Gasteiger partial charge in [0, 0.05) is 43.9 Å². The van der Waals surface area contributed by atoms with Gasteiger partial charge in [-0.2, -0.15) is 0 Å². The molecule has 0 aliphatic carbocycles. The van der Waals surface area contributed by atoms with Crippen molar-refractivity contribution in [3.05, 3.63) is 64.4 Å². The Kier molecular flexibility index (Phi) is 6.95. The number of carbonyl (C=O) groups excluding carboxylic acids is 2. The van der Waals surface area contributed by atoms with Crippen LogP contribution in [0, 0.1) is 5.82 Å². The number of ether oxygens (including phenoxy) is 2. The quantitative estimate of drug-likeness (QED) is 0.678. The summed E-state index contributed by atoms with van der Waals surface area (Å²) in [5.74, 6) is 0.347. The van der Waals surface area contributed by atoms with Crippen molar-refractivity contribution >= 4 is 29.5 Å². The fraction of sp³-hybridized carbons (Fsp3) is 0.273. The van der Waals surface area contributed by atoms with Gasteiger partial charge in [0.2, 0.25) is 5.91 Å². The molecule has 2 aromatic rings. The predicted molar refractivity (Wildman–Crippen MR) is 112 cm³/mol. The lowest BCUT2D eigenvalue weighted by molar-refractivity contribution is -0.127. The summed E-state index contributed by atoms with van der Waals surface area (Å²) in [5.41, 5.74) is 1.01. The normalized spacial score (nSPS) is 14.1. The molecule has 0 aromatic heterocycles. The first-order valence-corrected chi connectivity index (χ1v) is 9.74. The molecule has 2 amide bonds. The first-order chi connectivity index (χ1) is 14.4. The van der Waals surface area contributed by atoms with Gasteiger partial charge >= 0.3 is 0 Å². The maximum absolute atomic E-state index is 13.2. The van der Waals surface area contributed by atoms with E-state index in [0.717, 1.165) is 11.6 Å². The van der Waals surface area contributed by atoms with Crippen LogP contribution >= 0.6 is 11.6 Å². The third kappa shape index (κ3) is 4.91. The zero-order valence-electron chi connectivity index (χ0n) is 16.7. The summed E-state index contributed by atoms with van der Waals surface area (Å²) < 4.78 is 23.7. The first kappa shape index (κ1) is 21.6. The molecule has 6 nitrogen and oxygen atoms in total. The van der Waals surface area contributed by atoms with E-state index in [2.05, 4.69) is 0 Å². The van der Waals surface area contributed by atoms with E-state index in [1.165, 1.54) is 18.2 Å². The number of methoxy groups -OCH3 is 2. The largest absolute Gasteiger partial charge is 0.497 e. The SMILES string of the molecule is COc1ccc(/C=C/C(=O)N2CCN(C(=O)c3ccc(F)cc3Cl)CC2)c(OC)c1. The molecule has 0 unspecified atom stereocenters. The Balaban J connectivity index is 1.60. The second-order valence-electron chi connectivity index (χ2n) is 6.68. The summed E-state index contributed by atoms with van der Waals surface area (Å²) in [7, 11) is 3.12. The Morgan fingerprint density at radius 3 is 2.33 bits per heavy atom.